The Hall–Kier alpha value is -0.423. The quantitative estimate of drug-likeness (QED) is 0.399. The van der Waals surface area contributed by atoms with Gasteiger partial charge < -0.3 is 14.6 Å². The summed E-state index contributed by atoms with van der Waals surface area (Å²) in [5, 5.41) is 19.5. The van der Waals surface area contributed by atoms with Crippen LogP contribution in [0.1, 0.15) is 33.6 Å². The van der Waals surface area contributed by atoms with E-state index in [-0.39, 0.29) is 30.1 Å². The predicted molar refractivity (Wildman–Crippen MR) is 99.9 cm³/mol. The van der Waals surface area contributed by atoms with Gasteiger partial charge in [-0.2, -0.15) is 0 Å². The zero-order valence-electron chi connectivity index (χ0n) is 15.6. The Bertz CT molecular complexity index is 398. The Balaban J connectivity index is 2.50. The van der Waals surface area contributed by atoms with E-state index in [0.717, 1.165) is 19.4 Å². The van der Waals surface area contributed by atoms with E-state index in [0.29, 0.717) is 11.8 Å². The molecule has 1 rings (SSSR count). The van der Waals surface area contributed by atoms with Gasteiger partial charge in [0.05, 0.1) is 0 Å². The lowest BCUT2D eigenvalue weighted by atomic mass is 9.88. The van der Waals surface area contributed by atoms with Crippen molar-refractivity contribution in [1.82, 2.24) is 0 Å². The van der Waals surface area contributed by atoms with Gasteiger partial charge in [0, 0.05) is 19.8 Å². The molecule has 134 valence electrons. The Morgan fingerprint density at radius 2 is 1.70 bits per heavy atom. The average Bonchev–Trinajstić information content (AvgIpc) is 2.82. The van der Waals surface area contributed by atoms with E-state index in [1.165, 1.54) is 0 Å². The smallest absolute Gasteiger partial charge is 0.191 e. The number of allylic oxidation sites excluding steroid dienone is 2. The minimum absolute atomic E-state index is 0.126. The second-order valence-corrected chi connectivity index (χ2v) is 13.1. The highest BCUT2D eigenvalue weighted by Crippen LogP contribution is 2.42. The van der Waals surface area contributed by atoms with Gasteiger partial charge >= 0.3 is 0 Å². The molecule has 0 saturated heterocycles. The van der Waals surface area contributed by atoms with E-state index in [4.69, 9.17) is 4.43 Å². The Morgan fingerprint density at radius 3 is 2.17 bits per heavy atom. The maximum atomic E-state index is 9.65. The highest BCUT2D eigenvalue weighted by atomic mass is 28.4. The molecule has 23 heavy (non-hydrogen) atoms. The second kappa shape index (κ2) is 8.61. The summed E-state index contributed by atoms with van der Waals surface area (Å²) in [7, 11) is -1.66. The highest BCUT2D eigenvalue weighted by molar-refractivity contribution is 6.74. The van der Waals surface area contributed by atoms with E-state index < -0.39 is 8.32 Å². The van der Waals surface area contributed by atoms with Crippen LogP contribution in [0.3, 0.4) is 0 Å². The molecule has 0 radical (unpaired) electrons. The van der Waals surface area contributed by atoms with E-state index in [1.54, 1.807) is 0 Å². The minimum Gasteiger partial charge on any atom is -0.417 e. The summed E-state index contributed by atoms with van der Waals surface area (Å²) in [4.78, 5) is 0. The van der Waals surface area contributed by atoms with Crippen LogP contribution < -0.4 is 0 Å². The molecule has 4 atom stereocenters. The van der Waals surface area contributed by atoms with Crippen LogP contribution in [0.5, 0.6) is 0 Å². The van der Waals surface area contributed by atoms with Gasteiger partial charge in [0.1, 0.15) is 0 Å². The molecule has 0 unspecified atom stereocenters. The predicted octanol–water partition coefficient (Wildman–Crippen LogP) is 3.99. The van der Waals surface area contributed by atoms with Crippen molar-refractivity contribution in [3.63, 3.8) is 0 Å². The van der Waals surface area contributed by atoms with Crippen molar-refractivity contribution in [2.75, 3.05) is 19.8 Å². The average molecular weight is 341 g/mol. The van der Waals surface area contributed by atoms with Crippen LogP contribution in [-0.2, 0) is 4.43 Å². The lowest BCUT2D eigenvalue weighted by Crippen LogP contribution is -2.40. The molecule has 2 N–H and O–H groups in total. The van der Waals surface area contributed by atoms with Crippen LogP contribution in [0.15, 0.2) is 24.8 Å². The number of rotatable bonds is 8. The van der Waals surface area contributed by atoms with Gasteiger partial charge in [-0.05, 0) is 54.6 Å². The van der Waals surface area contributed by atoms with Gasteiger partial charge in [-0.15, -0.1) is 6.58 Å². The molecule has 0 spiro atoms. The number of aliphatic hydroxyl groups excluding tert-OH is 2. The van der Waals surface area contributed by atoms with Crippen molar-refractivity contribution in [2.45, 2.75) is 51.7 Å². The fraction of sp³-hybridized carbons (Fsp3) is 0.789. The summed E-state index contributed by atoms with van der Waals surface area (Å²) >= 11 is 0. The van der Waals surface area contributed by atoms with Crippen LogP contribution in [0, 0.1) is 23.7 Å². The fourth-order valence-corrected chi connectivity index (χ4v) is 4.26. The molecule has 1 aliphatic rings. The Labute approximate surface area is 143 Å². The zero-order chi connectivity index (χ0) is 17.7. The van der Waals surface area contributed by atoms with Gasteiger partial charge in [-0.1, -0.05) is 39.0 Å². The van der Waals surface area contributed by atoms with Gasteiger partial charge in [0.25, 0.3) is 0 Å². The summed E-state index contributed by atoms with van der Waals surface area (Å²) in [6.45, 7) is 16.2. The fourth-order valence-electron chi connectivity index (χ4n) is 3.20. The normalized spacial score (nSPS) is 29.3. The first-order valence-electron chi connectivity index (χ1n) is 8.82. The first-order chi connectivity index (χ1) is 10.7. The van der Waals surface area contributed by atoms with E-state index >= 15 is 0 Å². The van der Waals surface area contributed by atoms with Gasteiger partial charge in [-0.25, -0.2) is 0 Å². The number of hydrogen-bond acceptors (Lipinski definition) is 3. The molecule has 0 aliphatic heterocycles. The van der Waals surface area contributed by atoms with E-state index in [9.17, 15) is 10.2 Å². The summed E-state index contributed by atoms with van der Waals surface area (Å²) in [6, 6.07) is 0. The van der Waals surface area contributed by atoms with Crippen LogP contribution in [0.25, 0.3) is 0 Å². The van der Waals surface area contributed by atoms with Crippen molar-refractivity contribution < 1.29 is 14.6 Å². The summed E-state index contributed by atoms with van der Waals surface area (Å²) in [6.07, 6.45) is 8.20. The third kappa shape index (κ3) is 5.28. The number of aliphatic hydroxyl groups is 2. The molecule has 3 nitrogen and oxygen atoms in total. The van der Waals surface area contributed by atoms with Crippen LogP contribution in [0.4, 0.5) is 0 Å². The first kappa shape index (κ1) is 20.6. The van der Waals surface area contributed by atoms with Crippen LogP contribution in [0.2, 0.25) is 18.1 Å². The highest BCUT2D eigenvalue weighted by Gasteiger charge is 2.40. The molecule has 0 aromatic carbocycles. The molecule has 0 heterocycles. The standard InChI is InChI=1S/C19H36O3Si/c1-7-15-12-16(18(14-21)17(15)13-20)10-8-9-11-22-23(5,6)19(2,3)4/h7-8,10,15-18,20-21H,1,9,11-14H2,2-6H3/b10-8-/t15-,16+,17+,18-/m1/s1. The Kier molecular flexibility index (Phi) is 7.72. The SMILES string of the molecule is C=C[C@@H]1C[C@H](/C=C\CCO[Si](C)(C)C(C)(C)C)[C@@H](CO)[C@H]1CO. The van der Waals surface area contributed by atoms with E-state index in [1.807, 2.05) is 6.08 Å². The van der Waals surface area contributed by atoms with Crippen LogP contribution >= 0.6 is 0 Å². The summed E-state index contributed by atoms with van der Waals surface area (Å²) in [5.41, 5.74) is 0. The maximum absolute atomic E-state index is 9.65. The molecular weight excluding hydrogens is 304 g/mol. The lowest BCUT2D eigenvalue weighted by molar-refractivity contribution is 0.117. The van der Waals surface area contributed by atoms with Crippen LogP contribution in [-0.4, -0.2) is 38.4 Å². The van der Waals surface area contributed by atoms with Gasteiger partial charge in [0.15, 0.2) is 8.32 Å². The van der Waals surface area contributed by atoms with Crippen molar-refractivity contribution >= 4 is 8.32 Å². The van der Waals surface area contributed by atoms with Gasteiger partial charge in [-0.3, -0.25) is 0 Å². The second-order valence-electron chi connectivity index (χ2n) is 8.32. The molecule has 1 fully saturated rings. The third-order valence-electron chi connectivity index (χ3n) is 5.86. The maximum Gasteiger partial charge on any atom is 0.191 e. The van der Waals surface area contributed by atoms with Crippen molar-refractivity contribution in [1.29, 1.82) is 0 Å². The van der Waals surface area contributed by atoms with E-state index in [2.05, 4.69) is 52.6 Å². The van der Waals surface area contributed by atoms with Crippen molar-refractivity contribution in [3.8, 4) is 0 Å². The Morgan fingerprint density at radius 1 is 1.13 bits per heavy atom. The van der Waals surface area contributed by atoms with Crippen molar-refractivity contribution in [3.05, 3.63) is 24.8 Å². The summed E-state index contributed by atoms with van der Waals surface area (Å²) in [5.74, 6) is 0.902. The monoisotopic (exact) mass is 340 g/mol. The molecule has 1 aliphatic carbocycles. The molecule has 0 bridgehead atoms. The largest absolute Gasteiger partial charge is 0.417 e. The summed E-state index contributed by atoms with van der Waals surface area (Å²) < 4.78 is 6.18. The lowest BCUT2D eigenvalue weighted by Gasteiger charge is -2.36. The first-order valence-corrected chi connectivity index (χ1v) is 11.7. The molecule has 4 heteroatoms. The van der Waals surface area contributed by atoms with Gasteiger partial charge in [0.2, 0.25) is 0 Å². The third-order valence-corrected chi connectivity index (χ3v) is 10.4. The van der Waals surface area contributed by atoms with Crippen molar-refractivity contribution in [2.24, 2.45) is 23.7 Å². The molecule has 0 aromatic heterocycles. The zero-order valence-corrected chi connectivity index (χ0v) is 16.6. The minimum atomic E-state index is -1.66. The number of hydrogen-bond donors (Lipinski definition) is 2. The topological polar surface area (TPSA) is 49.7 Å². The molecular formula is C19H36O3Si. The molecule has 1 saturated carbocycles. The molecule has 0 amide bonds. The molecule has 0 aromatic rings.